The number of carbonyl (C=O) groups excluding carboxylic acids is 1. The molecule has 1 N–H and O–H groups in total. The molecule has 9 heteroatoms. The van der Waals surface area contributed by atoms with Crippen molar-refractivity contribution in [2.45, 2.75) is 31.6 Å². The van der Waals surface area contributed by atoms with Gasteiger partial charge in [-0.2, -0.15) is 20.5 Å². The predicted octanol–water partition coefficient (Wildman–Crippen LogP) is 4.95. The highest BCUT2D eigenvalue weighted by atomic mass is 32.2. The van der Waals surface area contributed by atoms with Gasteiger partial charge in [-0.25, -0.2) is 9.97 Å². The first-order chi connectivity index (χ1) is 14.8. The Morgan fingerprint density at radius 2 is 2.00 bits per heavy atom. The molecule has 4 rings (SSSR count). The number of imidazole rings is 1. The Morgan fingerprint density at radius 3 is 2.68 bits per heavy atom. The lowest BCUT2D eigenvalue weighted by Gasteiger charge is -2.20. The van der Waals surface area contributed by atoms with Crippen molar-refractivity contribution >= 4 is 34.4 Å². The van der Waals surface area contributed by atoms with Gasteiger partial charge in [0.1, 0.15) is 23.0 Å². The second-order valence-corrected chi connectivity index (χ2v) is 8.93. The van der Waals surface area contributed by atoms with Crippen LogP contribution in [0.4, 0.5) is 14.5 Å². The maximum atomic E-state index is 13.6. The Labute approximate surface area is 183 Å². The molecule has 0 saturated carbocycles. The number of benzene rings is 1. The van der Waals surface area contributed by atoms with E-state index in [9.17, 15) is 13.6 Å². The summed E-state index contributed by atoms with van der Waals surface area (Å²) in [6.45, 7) is 0.749. The smallest absolute Gasteiger partial charge is 0.287 e. The molecule has 0 unspecified atom stereocenters. The first kappa shape index (κ1) is 21.5. The van der Waals surface area contributed by atoms with Crippen molar-refractivity contribution in [1.82, 2.24) is 14.5 Å². The van der Waals surface area contributed by atoms with Crippen LogP contribution in [-0.4, -0.2) is 39.1 Å². The van der Waals surface area contributed by atoms with Crippen LogP contribution in [0.1, 0.15) is 47.7 Å². The average Bonchev–Trinajstić information content (AvgIpc) is 3.09. The second kappa shape index (κ2) is 8.45. The Bertz CT molecular complexity index is 1120. The summed E-state index contributed by atoms with van der Waals surface area (Å²) in [7, 11) is 3.48. The van der Waals surface area contributed by atoms with Gasteiger partial charge in [0.05, 0.1) is 23.8 Å². The molecule has 0 atom stereocenters. The lowest BCUT2D eigenvalue weighted by atomic mass is 10.0. The van der Waals surface area contributed by atoms with Gasteiger partial charge in [-0.1, -0.05) is 6.07 Å². The Hall–Kier alpha value is -2.68. The summed E-state index contributed by atoms with van der Waals surface area (Å²) in [5.41, 5.74) is 1.54. The van der Waals surface area contributed by atoms with Crippen molar-refractivity contribution < 1.29 is 18.3 Å². The first-order valence-corrected chi connectivity index (χ1v) is 11.2. The molecule has 1 aromatic carbocycles. The minimum Gasteiger partial charge on any atom is -0.494 e. The van der Waals surface area contributed by atoms with E-state index < -0.39 is 17.5 Å². The molecule has 31 heavy (non-hydrogen) atoms. The van der Waals surface area contributed by atoms with Crippen LogP contribution < -0.4 is 10.1 Å². The second-order valence-electron chi connectivity index (χ2n) is 7.71. The molecule has 3 heterocycles. The maximum Gasteiger partial charge on any atom is 0.287 e. The van der Waals surface area contributed by atoms with Gasteiger partial charge in [0.2, 0.25) is 0 Å². The fourth-order valence-electron chi connectivity index (χ4n) is 3.82. The molecule has 0 radical (unpaired) electrons. The largest absolute Gasteiger partial charge is 0.494 e. The molecule has 2 aromatic heterocycles. The number of nitrogens with zero attached hydrogens (tertiary/aromatic N) is 3. The number of thioether (sulfide) groups is 1. The van der Waals surface area contributed by atoms with Crippen molar-refractivity contribution in [2.75, 3.05) is 23.9 Å². The third kappa shape index (κ3) is 4.37. The van der Waals surface area contributed by atoms with Crippen LogP contribution in [0.2, 0.25) is 0 Å². The van der Waals surface area contributed by atoms with Crippen LogP contribution in [-0.2, 0) is 13.0 Å². The van der Waals surface area contributed by atoms with E-state index in [1.165, 1.54) is 25.3 Å². The number of methoxy groups -OCH3 is 1. The summed E-state index contributed by atoms with van der Waals surface area (Å²) in [5.74, 6) is 0.418. The summed E-state index contributed by atoms with van der Waals surface area (Å²) >= 11 is 1.96. The standard InChI is InChI=1S/C22H24F2N4O2S/c1-22(23,24)19-6-4-5-14(25-19)21(29)27-16-11-17-15(12-18(16)30-3)26-20(28(17)2)13-7-9-31-10-8-13/h4-6,11-13H,7-10H2,1-3H3,(H,27,29). The van der Waals surface area contributed by atoms with Crippen molar-refractivity contribution in [2.24, 2.45) is 7.05 Å². The first-order valence-electron chi connectivity index (χ1n) is 10.1. The van der Waals surface area contributed by atoms with Gasteiger partial charge in [0.25, 0.3) is 11.8 Å². The third-order valence-electron chi connectivity index (χ3n) is 5.50. The highest BCUT2D eigenvalue weighted by Gasteiger charge is 2.27. The number of fused-ring (bicyclic) bond motifs is 1. The fraction of sp³-hybridized carbons (Fsp3) is 0.409. The molecule has 1 saturated heterocycles. The Balaban J connectivity index is 1.67. The van der Waals surface area contributed by atoms with Gasteiger partial charge in [-0.05, 0) is 42.5 Å². The van der Waals surface area contributed by atoms with Gasteiger partial charge in [-0.3, -0.25) is 4.79 Å². The summed E-state index contributed by atoms with van der Waals surface area (Å²) in [5, 5.41) is 2.75. The summed E-state index contributed by atoms with van der Waals surface area (Å²) in [6, 6.07) is 7.59. The van der Waals surface area contributed by atoms with E-state index in [1.54, 1.807) is 12.1 Å². The normalized spacial score (nSPS) is 15.3. The number of pyridine rings is 1. The van der Waals surface area contributed by atoms with Crippen molar-refractivity contribution in [3.8, 4) is 5.75 Å². The minimum atomic E-state index is -3.13. The van der Waals surface area contributed by atoms with Crippen molar-refractivity contribution in [1.29, 1.82) is 0 Å². The van der Waals surface area contributed by atoms with Gasteiger partial charge < -0.3 is 14.6 Å². The number of carbonyl (C=O) groups is 1. The van der Waals surface area contributed by atoms with Gasteiger partial charge in [0.15, 0.2) is 0 Å². The lowest BCUT2D eigenvalue weighted by Crippen LogP contribution is -2.18. The molecule has 1 amide bonds. The van der Waals surface area contributed by atoms with Gasteiger partial charge >= 0.3 is 0 Å². The minimum absolute atomic E-state index is 0.0911. The highest BCUT2D eigenvalue weighted by molar-refractivity contribution is 7.99. The molecule has 164 valence electrons. The number of halogens is 2. The van der Waals surface area contributed by atoms with E-state index in [4.69, 9.17) is 9.72 Å². The zero-order valence-corrected chi connectivity index (χ0v) is 18.4. The van der Waals surface area contributed by atoms with Crippen molar-refractivity contribution in [3.63, 3.8) is 0 Å². The van der Waals surface area contributed by atoms with E-state index in [2.05, 4.69) is 14.9 Å². The molecule has 0 aliphatic carbocycles. The molecule has 0 bridgehead atoms. The van der Waals surface area contributed by atoms with E-state index in [0.717, 1.165) is 48.1 Å². The highest BCUT2D eigenvalue weighted by Crippen LogP contribution is 2.36. The molecule has 3 aromatic rings. The Morgan fingerprint density at radius 1 is 1.26 bits per heavy atom. The molecule has 1 fully saturated rings. The Kier molecular flexibility index (Phi) is 5.88. The number of hydrogen-bond acceptors (Lipinski definition) is 5. The lowest BCUT2D eigenvalue weighted by molar-refractivity contribution is 0.0126. The SMILES string of the molecule is COc1cc2nc(C3CCSCC3)n(C)c2cc1NC(=O)c1cccc(C(C)(F)F)n1. The van der Waals surface area contributed by atoms with Crippen LogP contribution in [0.15, 0.2) is 30.3 Å². The molecule has 1 aliphatic rings. The fourth-order valence-corrected chi connectivity index (χ4v) is 4.92. The van der Waals surface area contributed by atoms with E-state index >= 15 is 0 Å². The number of alkyl halides is 2. The number of anilines is 1. The van der Waals surface area contributed by atoms with Gasteiger partial charge in [-0.15, -0.1) is 0 Å². The third-order valence-corrected chi connectivity index (χ3v) is 6.55. The molecular weight excluding hydrogens is 422 g/mol. The van der Waals surface area contributed by atoms with Crippen molar-refractivity contribution in [3.05, 3.63) is 47.5 Å². The number of aromatic nitrogens is 3. The number of hydrogen-bond donors (Lipinski definition) is 1. The van der Waals surface area contributed by atoms with Crippen LogP contribution >= 0.6 is 11.8 Å². The van der Waals surface area contributed by atoms with Crippen LogP contribution in [0.5, 0.6) is 5.75 Å². The van der Waals surface area contributed by atoms with Crippen LogP contribution in [0.25, 0.3) is 11.0 Å². The quantitative estimate of drug-likeness (QED) is 0.601. The summed E-state index contributed by atoms with van der Waals surface area (Å²) in [4.78, 5) is 21.4. The maximum absolute atomic E-state index is 13.6. The van der Waals surface area contributed by atoms with E-state index in [-0.39, 0.29) is 5.69 Å². The number of amides is 1. The number of nitrogens with one attached hydrogen (secondary N) is 1. The molecule has 6 nitrogen and oxygen atoms in total. The summed E-state index contributed by atoms with van der Waals surface area (Å²) < 4.78 is 34.7. The average molecular weight is 447 g/mol. The number of rotatable bonds is 5. The topological polar surface area (TPSA) is 69.0 Å². The van der Waals surface area contributed by atoms with E-state index in [1.807, 2.05) is 18.8 Å². The van der Waals surface area contributed by atoms with Crippen LogP contribution in [0.3, 0.4) is 0 Å². The summed E-state index contributed by atoms with van der Waals surface area (Å²) in [6.07, 6.45) is 2.18. The number of aryl methyl sites for hydroxylation is 1. The zero-order chi connectivity index (χ0) is 22.2. The molecular formula is C22H24F2N4O2S. The van der Waals surface area contributed by atoms with E-state index in [0.29, 0.717) is 17.4 Å². The monoisotopic (exact) mass is 446 g/mol. The number of ether oxygens (including phenoxy) is 1. The molecule has 0 spiro atoms. The predicted molar refractivity (Wildman–Crippen MR) is 118 cm³/mol. The van der Waals surface area contributed by atoms with Crippen LogP contribution in [0, 0.1) is 0 Å². The molecule has 1 aliphatic heterocycles. The van der Waals surface area contributed by atoms with Gasteiger partial charge in [0, 0.05) is 26.0 Å². The zero-order valence-electron chi connectivity index (χ0n) is 17.6.